The summed E-state index contributed by atoms with van der Waals surface area (Å²) in [6.07, 6.45) is 3.58. The van der Waals surface area contributed by atoms with E-state index in [0.717, 1.165) is 25.2 Å². The highest BCUT2D eigenvalue weighted by molar-refractivity contribution is 5.19. The number of likely N-dealkylation sites (tertiary alicyclic amines) is 1. The van der Waals surface area contributed by atoms with E-state index in [1.807, 2.05) is 6.07 Å². The summed E-state index contributed by atoms with van der Waals surface area (Å²) in [7, 11) is 0. The molecule has 1 aliphatic heterocycles. The molecule has 1 fully saturated rings. The third kappa shape index (κ3) is 4.02. The smallest absolute Gasteiger partial charge is 0.123 e. The van der Waals surface area contributed by atoms with Crippen LogP contribution in [-0.2, 0) is 0 Å². The van der Waals surface area contributed by atoms with Crippen LogP contribution in [0.4, 0.5) is 4.39 Å². The van der Waals surface area contributed by atoms with Crippen LogP contribution in [0.3, 0.4) is 0 Å². The Labute approximate surface area is 116 Å². The van der Waals surface area contributed by atoms with Crippen molar-refractivity contribution < 1.29 is 4.39 Å². The van der Waals surface area contributed by atoms with Gasteiger partial charge < -0.3 is 5.32 Å². The van der Waals surface area contributed by atoms with Crippen LogP contribution < -0.4 is 5.32 Å². The summed E-state index contributed by atoms with van der Waals surface area (Å²) in [5.74, 6) is -0.135. The summed E-state index contributed by atoms with van der Waals surface area (Å²) in [5.41, 5.74) is 1.08. The van der Waals surface area contributed by atoms with Crippen molar-refractivity contribution in [2.75, 3.05) is 19.6 Å². The Hall–Kier alpha value is -0.930. The first-order valence-electron chi connectivity index (χ1n) is 7.43. The normalized spacial score (nSPS) is 19.5. The summed E-state index contributed by atoms with van der Waals surface area (Å²) in [6, 6.07) is 7.97. The molecule has 0 saturated carbocycles. The van der Waals surface area contributed by atoms with Crippen molar-refractivity contribution in [2.24, 2.45) is 0 Å². The van der Waals surface area contributed by atoms with Crippen molar-refractivity contribution in [3.05, 3.63) is 35.6 Å². The lowest BCUT2D eigenvalue weighted by Crippen LogP contribution is -2.43. The third-order valence-electron chi connectivity index (χ3n) is 4.09. The largest absolute Gasteiger partial charge is 0.314 e. The van der Waals surface area contributed by atoms with E-state index in [1.54, 1.807) is 12.1 Å². The monoisotopic (exact) mass is 264 g/mol. The van der Waals surface area contributed by atoms with Gasteiger partial charge in [-0.15, -0.1) is 0 Å². The minimum absolute atomic E-state index is 0.135. The number of nitrogens with one attached hydrogen (secondary N) is 1. The molecule has 19 heavy (non-hydrogen) atoms. The lowest BCUT2D eigenvalue weighted by Gasteiger charge is -2.36. The van der Waals surface area contributed by atoms with Gasteiger partial charge in [0.15, 0.2) is 0 Å². The van der Waals surface area contributed by atoms with Crippen molar-refractivity contribution in [3.63, 3.8) is 0 Å². The molecule has 2 rings (SSSR count). The zero-order chi connectivity index (χ0) is 13.7. The molecule has 0 aromatic heterocycles. The number of halogens is 1. The second-order valence-corrected chi connectivity index (χ2v) is 5.50. The molecule has 1 aromatic rings. The Bertz CT molecular complexity index is 386. The molecule has 1 saturated heterocycles. The van der Waals surface area contributed by atoms with Crippen molar-refractivity contribution >= 4 is 0 Å². The molecule has 0 bridgehead atoms. The minimum Gasteiger partial charge on any atom is -0.314 e. The van der Waals surface area contributed by atoms with Gasteiger partial charge in [0.05, 0.1) is 0 Å². The van der Waals surface area contributed by atoms with Crippen molar-refractivity contribution in [3.8, 4) is 0 Å². The molecule has 1 aromatic carbocycles. The second kappa shape index (κ2) is 7.01. The molecular formula is C16H25FN2. The van der Waals surface area contributed by atoms with E-state index in [1.165, 1.54) is 25.3 Å². The Morgan fingerprint density at radius 3 is 2.74 bits per heavy atom. The van der Waals surface area contributed by atoms with Gasteiger partial charge in [0.25, 0.3) is 0 Å². The summed E-state index contributed by atoms with van der Waals surface area (Å²) in [6.45, 7) is 7.69. The Morgan fingerprint density at radius 1 is 1.37 bits per heavy atom. The van der Waals surface area contributed by atoms with Gasteiger partial charge in [-0.2, -0.15) is 0 Å². The van der Waals surface area contributed by atoms with E-state index in [2.05, 4.69) is 24.1 Å². The van der Waals surface area contributed by atoms with Gasteiger partial charge in [-0.25, -0.2) is 4.39 Å². The van der Waals surface area contributed by atoms with Gasteiger partial charge in [0.1, 0.15) is 5.82 Å². The average molecular weight is 264 g/mol. The minimum atomic E-state index is -0.135. The maximum Gasteiger partial charge on any atom is 0.123 e. The van der Waals surface area contributed by atoms with Gasteiger partial charge in [-0.1, -0.05) is 19.1 Å². The Morgan fingerprint density at radius 2 is 2.11 bits per heavy atom. The predicted molar refractivity (Wildman–Crippen MR) is 77.7 cm³/mol. The van der Waals surface area contributed by atoms with Gasteiger partial charge in [0, 0.05) is 25.2 Å². The molecule has 2 nitrogen and oxygen atoms in total. The van der Waals surface area contributed by atoms with Gasteiger partial charge in [-0.3, -0.25) is 4.90 Å². The lowest BCUT2D eigenvalue weighted by atomic mass is 10.00. The van der Waals surface area contributed by atoms with Gasteiger partial charge >= 0.3 is 0 Å². The number of rotatable bonds is 5. The highest BCUT2D eigenvalue weighted by Crippen LogP contribution is 2.24. The molecular weight excluding hydrogens is 239 g/mol. The molecule has 1 N–H and O–H groups in total. The molecule has 0 radical (unpaired) electrons. The van der Waals surface area contributed by atoms with Crippen LogP contribution in [0.25, 0.3) is 0 Å². The zero-order valence-electron chi connectivity index (χ0n) is 12.0. The molecule has 0 amide bonds. The van der Waals surface area contributed by atoms with E-state index in [0.29, 0.717) is 12.1 Å². The molecule has 1 aliphatic rings. The van der Waals surface area contributed by atoms with Gasteiger partial charge in [0.2, 0.25) is 0 Å². The topological polar surface area (TPSA) is 15.3 Å². The maximum atomic E-state index is 13.3. The fraction of sp³-hybridized carbons (Fsp3) is 0.625. The average Bonchev–Trinajstić information content (AvgIpc) is 2.45. The van der Waals surface area contributed by atoms with Gasteiger partial charge in [-0.05, 0) is 50.4 Å². The van der Waals surface area contributed by atoms with Crippen molar-refractivity contribution in [1.29, 1.82) is 0 Å². The van der Waals surface area contributed by atoms with Crippen molar-refractivity contribution in [1.82, 2.24) is 10.2 Å². The zero-order valence-corrected chi connectivity index (χ0v) is 12.0. The Balaban J connectivity index is 1.87. The summed E-state index contributed by atoms with van der Waals surface area (Å²) in [5, 5.41) is 3.59. The highest BCUT2D eigenvalue weighted by atomic mass is 19.1. The first-order valence-corrected chi connectivity index (χ1v) is 7.43. The third-order valence-corrected chi connectivity index (χ3v) is 4.09. The van der Waals surface area contributed by atoms with Crippen LogP contribution in [0.1, 0.15) is 44.7 Å². The lowest BCUT2D eigenvalue weighted by molar-refractivity contribution is 0.152. The SMILES string of the molecule is CCCNC1CCN(C(C)c2cccc(F)c2)CC1. The van der Waals surface area contributed by atoms with Crippen LogP contribution in [0, 0.1) is 5.82 Å². The second-order valence-electron chi connectivity index (χ2n) is 5.50. The molecule has 0 aliphatic carbocycles. The molecule has 1 atom stereocenters. The molecule has 106 valence electrons. The number of benzene rings is 1. The van der Waals surface area contributed by atoms with Crippen LogP contribution in [0.5, 0.6) is 0 Å². The number of piperidine rings is 1. The first kappa shape index (κ1) is 14.5. The first-order chi connectivity index (χ1) is 9.20. The molecule has 0 spiro atoms. The highest BCUT2D eigenvalue weighted by Gasteiger charge is 2.23. The molecule has 1 heterocycles. The van der Waals surface area contributed by atoms with Crippen LogP contribution in [0.15, 0.2) is 24.3 Å². The fourth-order valence-corrected chi connectivity index (χ4v) is 2.82. The predicted octanol–water partition coefficient (Wildman–Crippen LogP) is 3.35. The Kier molecular flexibility index (Phi) is 5.34. The van der Waals surface area contributed by atoms with E-state index in [9.17, 15) is 4.39 Å². The van der Waals surface area contributed by atoms with Crippen molar-refractivity contribution in [2.45, 2.75) is 45.2 Å². The van der Waals surface area contributed by atoms with Crippen LogP contribution in [-0.4, -0.2) is 30.6 Å². The maximum absolute atomic E-state index is 13.3. The molecule has 3 heteroatoms. The number of nitrogens with zero attached hydrogens (tertiary/aromatic N) is 1. The number of hydrogen-bond acceptors (Lipinski definition) is 2. The summed E-state index contributed by atoms with van der Waals surface area (Å²) >= 11 is 0. The van der Waals surface area contributed by atoms with E-state index >= 15 is 0 Å². The molecule has 1 unspecified atom stereocenters. The summed E-state index contributed by atoms with van der Waals surface area (Å²) < 4.78 is 13.3. The quantitative estimate of drug-likeness (QED) is 0.877. The fourth-order valence-electron chi connectivity index (χ4n) is 2.82. The summed E-state index contributed by atoms with van der Waals surface area (Å²) in [4.78, 5) is 2.46. The van der Waals surface area contributed by atoms with E-state index in [4.69, 9.17) is 0 Å². The number of hydrogen-bond donors (Lipinski definition) is 1. The standard InChI is InChI=1S/C16H25FN2/c1-3-9-18-16-7-10-19(11-8-16)13(2)14-5-4-6-15(17)12-14/h4-6,12-13,16,18H,3,7-11H2,1-2H3. The van der Waals surface area contributed by atoms with Crippen LogP contribution >= 0.6 is 0 Å². The van der Waals surface area contributed by atoms with E-state index < -0.39 is 0 Å². The van der Waals surface area contributed by atoms with Crippen LogP contribution in [0.2, 0.25) is 0 Å². The van der Waals surface area contributed by atoms with E-state index in [-0.39, 0.29) is 5.82 Å².